The fraction of sp³-hybridized carbons (Fsp3) is 0.500. The maximum Gasteiger partial charge on any atom is 0.122 e. The number of aromatic nitrogens is 1. The molecule has 0 atom stereocenters. The molecule has 1 aromatic rings. The maximum absolute atomic E-state index is 5.88. The third-order valence-corrected chi connectivity index (χ3v) is 1.66. The van der Waals surface area contributed by atoms with Crippen LogP contribution in [0, 0.1) is 0 Å². The van der Waals surface area contributed by atoms with Crippen molar-refractivity contribution < 1.29 is 4.74 Å². The average molecular weight is 180 g/mol. The summed E-state index contributed by atoms with van der Waals surface area (Å²) in [6.07, 6.45) is 2.49. The normalized spacial score (nSPS) is 11.4. The van der Waals surface area contributed by atoms with Crippen LogP contribution in [0.1, 0.15) is 19.5 Å². The minimum absolute atomic E-state index is 0.223. The van der Waals surface area contributed by atoms with Gasteiger partial charge in [0.2, 0.25) is 0 Å². The summed E-state index contributed by atoms with van der Waals surface area (Å²) in [5.41, 5.74) is 6.62. The van der Waals surface area contributed by atoms with Crippen molar-refractivity contribution in [1.29, 1.82) is 0 Å². The van der Waals surface area contributed by atoms with E-state index in [4.69, 9.17) is 10.5 Å². The number of methoxy groups -OCH3 is 1. The van der Waals surface area contributed by atoms with Crippen molar-refractivity contribution in [2.75, 3.05) is 7.11 Å². The zero-order valence-corrected chi connectivity index (χ0v) is 8.37. The van der Waals surface area contributed by atoms with E-state index < -0.39 is 0 Å². The van der Waals surface area contributed by atoms with Crippen LogP contribution in [-0.4, -0.2) is 17.6 Å². The Morgan fingerprint density at radius 1 is 1.54 bits per heavy atom. The molecule has 0 saturated carbocycles. The predicted molar refractivity (Wildman–Crippen MR) is 52.8 cm³/mol. The highest BCUT2D eigenvalue weighted by atomic mass is 16.5. The lowest BCUT2D eigenvalue weighted by atomic mass is 10.00. The van der Waals surface area contributed by atoms with Gasteiger partial charge in [-0.15, -0.1) is 0 Å². The number of ether oxygens (including phenoxy) is 1. The molecule has 3 nitrogen and oxygen atoms in total. The van der Waals surface area contributed by atoms with Gasteiger partial charge in [0.25, 0.3) is 0 Å². The third-order valence-electron chi connectivity index (χ3n) is 1.66. The smallest absolute Gasteiger partial charge is 0.122 e. The molecule has 0 bridgehead atoms. The molecular weight excluding hydrogens is 164 g/mol. The van der Waals surface area contributed by atoms with Gasteiger partial charge in [0.1, 0.15) is 5.75 Å². The first-order valence-electron chi connectivity index (χ1n) is 4.29. The number of hydrogen-bond acceptors (Lipinski definition) is 3. The Balaban J connectivity index is 2.78. The highest BCUT2D eigenvalue weighted by molar-refractivity contribution is 5.23. The van der Waals surface area contributed by atoms with Gasteiger partial charge in [-0.05, 0) is 19.9 Å². The Hall–Kier alpha value is -1.09. The molecule has 1 rings (SSSR count). The van der Waals surface area contributed by atoms with Crippen molar-refractivity contribution in [3.05, 3.63) is 24.0 Å². The molecule has 0 aliphatic heterocycles. The molecule has 0 amide bonds. The van der Waals surface area contributed by atoms with E-state index in [1.165, 1.54) is 0 Å². The molecule has 2 N–H and O–H groups in total. The Morgan fingerprint density at radius 2 is 2.23 bits per heavy atom. The van der Waals surface area contributed by atoms with E-state index in [1.807, 2.05) is 26.0 Å². The molecule has 1 aromatic heterocycles. The summed E-state index contributed by atoms with van der Waals surface area (Å²) in [6.45, 7) is 3.96. The second kappa shape index (κ2) is 3.75. The van der Waals surface area contributed by atoms with Gasteiger partial charge in [-0.3, -0.25) is 4.98 Å². The number of pyridine rings is 1. The largest absolute Gasteiger partial charge is 0.497 e. The molecule has 0 spiro atoms. The van der Waals surface area contributed by atoms with Crippen LogP contribution in [0.2, 0.25) is 0 Å². The van der Waals surface area contributed by atoms with Crippen LogP contribution in [-0.2, 0) is 6.42 Å². The fourth-order valence-electron chi connectivity index (χ4n) is 1.15. The molecule has 3 heteroatoms. The third kappa shape index (κ3) is 3.42. The van der Waals surface area contributed by atoms with Crippen LogP contribution in [0.4, 0.5) is 0 Å². The molecule has 0 unspecified atom stereocenters. The van der Waals surface area contributed by atoms with Gasteiger partial charge >= 0.3 is 0 Å². The molecule has 0 aromatic carbocycles. The molecule has 72 valence electrons. The Morgan fingerprint density at radius 3 is 2.77 bits per heavy atom. The molecule has 0 aliphatic rings. The van der Waals surface area contributed by atoms with E-state index in [1.54, 1.807) is 13.3 Å². The predicted octanol–water partition coefficient (Wildman–Crippen LogP) is 1.37. The highest BCUT2D eigenvalue weighted by Gasteiger charge is 2.12. The van der Waals surface area contributed by atoms with Crippen molar-refractivity contribution >= 4 is 0 Å². The van der Waals surface area contributed by atoms with Crippen molar-refractivity contribution in [2.45, 2.75) is 25.8 Å². The van der Waals surface area contributed by atoms with Crippen LogP contribution in [0.25, 0.3) is 0 Å². The van der Waals surface area contributed by atoms with E-state index in [-0.39, 0.29) is 5.54 Å². The zero-order valence-electron chi connectivity index (χ0n) is 8.37. The number of nitrogens with two attached hydrogens (primary N) is 1. The second-order valence-electron chi connectivity index (χ2n) is 3.85. The van der Waals surface area contributed by atoms with Gasteiger partial charge < -0.3 is 10.5 Å². The lowest BCUT2D eigenvalue weighted by Gasteiger charge is -2.17. The quantitative estimate of drug-likeness (QED) is 0.764. The van der Waals surface area contributed by atoms with Crippen LogP contribution >= 0.6 is 0 Å². The van der Waals surface area contributed by atoms with Crippen LogP contribution in [0.5, 0.6) is 5.75 Å². The Bertz CT molecular complexity index is 278. The second-order valence-corrected chi connectivity index (χ2v) is 3.85. The first-order valence-corrected chi connectivity index (χ1v) is 4.29. The van der Waals surface area contributed by atoms with E-state index in [2.05, 4.69) is 4.98 Å². The molecule has 0 aliphatic carbocycles. The standard InChI is InChI=1S/C10H16N2O/c1-10(2,11)7-8-6-9(13-3)4-5-12-8/h4-6H,7,11H2,1-3H3. The summed E-state index contributed by atoms with van der Waals surface area (Å²) in [7, 11) is 1.65. The lowest BCUT2D eigenvalue weighted by Crippen LogP contribution is -2.34. The first kappa shape index (κ1) is 9.99. The van der Waals surface area contributed by atoms with E-state index in [9.17, 15) is 0 Å². The van der Waals surface area contributed by atoms with E-state index >= 15 is 0 Å². The fourth-order valence-corrected chi connectivity index (χ4v) is 1.15. The number of rotatable bonds is 3. The number of hydrogen-bond donors (Lipinski definition) is 1. The summed E-state index contributed by atoms with van der Waals surface area (Å²) in [4.78, 5) is 4.21. The Kier molecular flexibility index (Phi) is 2.88. The van der Waals surface area contributed by atoms with Crippen LogP contribution in [0.15, 0.2) is 18.3 Å². The van der Waals surface area contributed by atoms with Gasteiger partial charge in [0.15, 0.2) is 0 Å². The lowest BCUT2D eigenvalue weighted by molar-refractivity contribution is 0.412. The molecule has 13 heavy (non-hydrogen) atoms. The summed E-state index contributed by atoms with van der Waals surface area (Å²) >= 11 is 0. The van der Waals surface area contributed by atoms with Crippen molar-refractivity contribution in [3.63, 3.8) is 0 Å². The summed E-state index contributed by atoms with van der Waals surface area (Å²) in [6, 6.07) is 3.74. The van der Waals surface area contributed by atoms with Crippen molar-refractivity contribution in [2.24, 2.45) is 5.73 Å². The van der Waals surface area contributed by atoms with Gasteiger partial charge in [-0.1, -0.05) is 0 Å². The van der Waals surface area contributed by atoms with E-state index in [0.29, 0.717) is 0 Å². The minimum atomic E-state index is -0.223. The summed E-state index contributed by atoms with van der Waals surface area (Å²) in [5, 5.41) is 0. The topological polar surface area (TPSA) is 48.1 Å². The summed E-state index contributed by atoms with van der Waals surface area (Å²) in [5.74, 6) is 0.828. The first-order chi connectivity index (χ1) is 6.01. The van der Waals surface area contributed by atoms with E-state index in [0.717, 1.165) is 17.9 Å². The molecule has 0 saturated heterocycles. The van der Waals surface area contributed by atoms with Gasteiger partial charge in [0.05, 0.1) is 7.11 Å². The number of nitrogens with zero attached hydrogens (tertiary/aromatic N) is 1. The Labute approximate surface area is 78.9 Å². The maximum atomic E-state index is 5.88. The van der Waals surface area contributed by atoms with Crippen molar-refractivity contribution in [1.82, 2.24) is 4.98 Å². The monoisotopic (exact) mass is 180 g/mol. The van der Waals surface area contributed by atoms with Crippen LogP contribution in [0.3, 0.4) is 0 Å². The molecule has 0 fully saturated rings. The van der Waals surface area contributed by atoms with Crippen LogP contribution < -0.4 is 10.5 Å². The summed E-state index contributed by atoms with van der Waals surface area (Å²) < 4.78 is 5.09. The average Bonchev–Trinajstić information content (AvgIpc) is 2.01. The highest BCUT2D eigenvalue weighted by Crippen LogP contribution is 2.13. The zero-order chi connectivity index (χ0) is 9.90. The molecule has 1 heterocycles. The minimum Gasteiger partial charge on any atom is -0.497 e. The van der Waals surface area contributed by atoms with Gasteiger partial charge in [0, 0.05) is 29.9 Å². The molecular formula is C10H16N2O. The SMILES string of the molecule is COc1ccnc(CC(C)(C)N)c1. The van der Waals surface area contributed by atoms with Gasteiger partial charge in [-0.25, -0.2) is 0 Å². The van der Waals surface area contributed by atoms with Crippen molar-refractivity contribution in [3.8, 4) is 5.75 Å². The molecule has 0 radical (unpaired) electrons. The van der Waals surface area contributed by atoms with Gasteiger partial charge in [-0.2, -0.15) is 0 Å².